The molecule has 0 heterocycles. The van der Waals surface area contributed by atoms with Crippen molar-refractivity contribution in [2.75, 3.05) is 6.61 Å². The molecule has 0 saturated heterocycles. The van der Waals surface area contributed by atoms with Gasteiger partial charge in [0.2, 0.25) is 0 Å². The second-order valence-corrected chi connectivity index (χ2v) is 3.11. The molecule has 5 nitrogen and oxygen atoms in total. The smallest absolute Gasteiger partial charge is 0.300 e. The minimum atomic E-state index is -0.833. The molecule has 1 rings (SSSR count). The first-order valence-corrected chi connectivity index (χ1v) is 4.96. The summed E-state index contributed by atoms with van der Waals surface area (Å²) in [7, 11) is 0. The van der Waals surface area contributed by atoms with Crippen LogP contribution >= 0.6 is 0 Å². The number of ether oxygens (including phenoxy) is 1. The lowest BCUT2D eigenvalue weighted by Crippen LogP contribution is -1.98. The van der Waals surface area contributed by atoms with Crippen LogP contribution in [0.2, 0.25) is 0 Å². The van der Waals surface area contributed by atoms with Crippen LogP contribution in [0.15, 0.2) is 30.9 Å². The van der Waals surface area contributed by atoms with Gasteiger partial charge < -0.3 is 20.7 Å². The predicted octanol–water partition coefficient (Wildman–Crippen LogP) is 1.51. The summed E-state index contributed by atoms with van der Waals surface area (Å²) >= 11 is 0. The third-order valence-corrected chi connectivity index (χ3v) is 1.64. The van der Waals surface area contributed by atoms with Crippen molar-refractivity contribution in [3.63, 3.8) is 0 Å². The van der Waals surface area contributed by atoms with E-state index in [1.165, 1.54) is 0 Å². The van der Waals surface area contributed by atoms with Crippen molar-refractivity contribution >= 4 is 5.97 Å². The van der Waals surface area contributed by atoms with Gasteiger partial charge >= 0.3 is 0 Å². The van der Waals surface area contributed by atoms with Gasteiger partial charge in [-0.25, -0.2) is 0 Å². The average molecular weight is 239 g/mol. The third-order valence-electron chi connectivity index (χ3n) is 1.64. The van der Waals surface area contributed by atoms with E-state index in [0.29, 0.717) is 24.5 Å². The number of aliphatic carboxylic acids is 1. The van der Waals surface area contributed by atoms with E-state index >= 15 is 0 Å². The molecule has 0 atom stereocenters. The molecule has 0 spiro atoms. The number of benzene rings is 1. The maximum atomic E-state index is 9.30. The van der Waals surface area contributed by atoms with Gasteiger partial charge in [-0.15, -0.1) is 0 Å². The van der Waals surface area contributed by atoms with Crippen molar-refractivity contribution in [3.8, 4) is 11.5 Å². The molecule has 0 aliphatic heterocycles. The lowest BCUT2D eigenvalue weighted by molar-refractivity contribution is -0.134. The Hall–Kier alpha value is -2.01. The number of phenolic OH excluding ortho intramolecular Hbond substituents is 1. The fourth-order valence-corrected chi connectivity index (χ4v) is 0.970. The Kier molecular flexibility index (Phi) is 7.21. The average Bonchev–Trinajstić information content (AvgIpc) is 2.27. The van der Waals surface area contributed by atoms with Crippen LogP contribution in [-0.4, -0.2) is 22.8 Å². The highest BCUT2D eigenvalue weighted by molar-refractivity contribution is 5.62. The molecule has 17 heavy (non-hydrogen) atoms. The minimum Gasteiger partial charge on any atom is -0.508 e. The van der Waals surface area contributed by atoms with Gasteiger partial charge in [0.15, 0.2) is 0 Å². The highest BCUT2D eigenvalue weighted by atomic mass is 16.5. The quantitative estimate of drug-likeness (QED) is 0.692. The van der Waals surface area contributed by atoms with Crippen LogP contribution in [0.3, 0.4) is 0 Å². The van der Waals surface area contributed by atoms with Crippen LogP contribution in [-0.2, 0) is 11.3 Å². The summed E-state index contributed by atoms with van der Waals surface area (Å²) in [6.07, 6.45) is 1.66. The van der Waals surface area contributed by atoms with E-state index in [9.17, 15) is 5.11 Å². The van der Waals surface area contributed by atoms with Gasteiger partial charge in [-0.1, -0.05) is 12.7 Å². The molecule has 0 bridgehead atoms. The summed E-state index contributed by atoms with van der Waals surface area (Å²) in [5, 5.41) is 16.7. The molecule has 0 fully saturated rings. The van der Waals surface area contributed by atoms with E-state index in [-0.39, 0.29) is 5.75 Å². The van der Waals surface area contributed by atoms with E-state index in [1.54, 1.807) is 24.3 Å². The lowest BCUT2D eigenvalue weighted by Gasteiger charge is -2.06. The van der Waals surface area contributed by atoms with Crippen LogP contribution < -0.4 is 10.5 Å². The molecule has 1 aromatic carbocycles. The van der Waals surface area contributed by atoms with Gasteiger partial charge in [0.1, 0.15) is 18.1 Å². The first-order chi connectivity index (χ1) is 8.01. The summed E-state index contributed by atoms with van der Waals surface area (Å²) < 4.78 is 5.27. The summed E-state index contributed by atoms with van der Waals surface area (Å²) in [6, 6.07) is 4.98. The molecule has 0 radical (unpaired) electrons. The first kappa shape index (κ1) is 15.0. The topological polar surface area (TPSA) is 92.8 Å². The third kappa shape index (κ3) is 6.97. The number of nitrogens with two attached hydrogens (primary N) is 1. The first-order valence-electron chi connectivity index (χ1n) is 4.96. The normalized spacial score (nSPS) is 8.82. The van der Waals surface area contributed by atoms with Crippen molar-refractivity contribution in [3.05, 3.63) is 36.4 Å². The van der Waals surface area contributed by atoms with Crippen molar-refractivity contribution in [1.29, 1.82) is 0 Å². The fourth-order valence-electron chi connectivity index (χ4n) is 0.970. The Morgan fingerprint density at radius 3 is 2.65 bits per heavy atom. The Morgan fingerprint density at radius 2 is 2.18 bits per heavy atom. The maximum absolute atomic E-state index is 9.30. The maximum Gasteiger partial charge on any atom is 0.300 e. The molecular formula is C12H17NO4. The van der Waals surface area contributed by atoms with Crippen molar-refractivity contribution in [1.82, 2.24) is 0 Å². The number of aromatic hydroxyl groups is 1. The van der Waals surface area contributed by atoms with Crippen LogP contribution in [0.25, 0.3) is 0 Å². The Morgan fingerprint density at radius 1 is 1.59 bits per heavy atom. The molecule has 94 valence electrons. The Balaban J connectivity index is 0.000000557. The zero-order valence-corrected chi connectivity index (χ0v) is 9.72. The number of phenols is 1. The standard InChI is InChI=1S/C10H13NO2.C2H4O2/c1-2-5-13-9-3-4-10(12)8(6-9)7-11;1-2(3)4/h2-4,6,12H,1,5,7,11H2;1H3,(H,3,4). The number of carbonyl (C=O) groups is 1. The number of carboxylic acids is 1. The van der Waals surface area contributed by atoms with E-state index < -0.39 is 5.97 Å². The second-order valence-electron chi connectivity index (χ2n) is 3.11. The molecule has 0 aromatic heterocycles. The van der Waals surface area contributed by atoms with Crippen LogP contribution in [0, 0.1) is 0 Å². The molecule has 0 aliphatic carbocycles. The van der Waals surface area contributed by atoms with Crippen LogP contribution in [0.4, 0.5) is 0 Å². The molecule has 0 saturated carbocycles. The van der Waals surface area contributed by atoms with Crippen LogP contribution in [0.5, 0.6) is 11.5 Å². The van der Waals surface area contributed by atoms with Gasteiger partial charge in [-0.3, -0.25) is 4.79 Å². The fraction of sp³-hybridized carbons (Fsp3) is 0.250. The number of hydrogen-bond donors (Lipinski definition) is 3. The van der Waals surface area contributed by atoms with E-state index in [0.717, 1.165) is 6.92 Å². The monoisotopic (exact) mass is 239 g/mol. The molecule has 4 N–H and O–H groups in total. The van der Waals surface area contributed by atoms with Crippen molar-refractivity contribution in [2.45, 2.75) is 13.5 Å². The predicted molar refractivity (Wildman–Crippen MR) is 65.0 cm³/mol. The zero-order valence-electron chi connectivity index (χ0n) is 9.72. The zero-order chi connectivity index (χ0) is 13.3. The highest BCUT2D eigenvalue weighted by Crippen LogP contribution is 2.22. The highest BCUT2D eigenvalue weighted by Gasteiger charge is 2.00. The van der Waals surface area contributed by atoms with Gasteiger partial charge in [-0.2, -0.15) is 0 Å². The van der Waals surface area contributed by atoms with Gasteiger partial charge in [-0.05, 0) is 18.2 Å². The summed E-state index contributed by atoms with van der Waals surface area (Å²) in [4.78, 5) is 9.00. The minimum absolute atomic E-state index is 0.202. The van der Waals surface area contributed by atoms with Crippen LogP contribution in [0.1, 0.15) is 12.5 Å². The van der Waals surface area contributed by atoms with E-state index in [1.807, 2.05) is 0 Å². The van der Waals surface area contributed by atoms with Crippen molar-refractivity contribution in [2.24, 2.45) is 5.73 Å². The Bertz CT molecular complexity index is 373. The molecule has 5 heteroatoms. The molecule has 0 amide bonds. The van der Waals surface area contributed by atoms with Gasteiger partial charge in [0, 0.05) is 19.0 Å². The SMILES string of the molecule is C=CCOc1ccc(O)c(CN)c1.CC(=O)O. The number of rotatable bonds is 4. The molecular weight excluding hydrogens is 222 g/mol. The summed E-state index contributed by atoms with van der Waals surface area (Å²) in [5.74, 6) is 0.0617. The summed E-state index contributed by atoms with van der Waals surface area (Å²) in [6.45, 7) is 5.38. The molecule has 0 aliphatic rings. The number of hydrogen-bond acceptors (Lipinski definition) is 4. The molecule has 0 unspecified atom stereocenters. The van der Waals surface area contributed by atoms with E-state index in [4.69, 9.17) is 20.4 Å². The second kappa shape index (κ2) is 8.18. The van der Waals surface area contributed by atoms with Gasteiger partial charge in [0.25, 0.3) is 5.97 Å². The number of carboxylic acid groups (broad SMARTS) is 1. The largest absolute Gasteiger partial charge is 0.508 e. The molecule has 1 aromatic rings. The van der Waals surface area contributed by atoms with Crippen molar-refractivity contribution < 1.29 is 19.7 Å². The lowest BCUT2D eigenvalue weighted by atomic mass is 10.2. The Labute approximate surface area is 100 Å². The van der Waals surface area contributed by atoms with Gasteiger partial charge in [0.05, 0.1) is 0 Å². The summed E-state index contributed by atoms with van der Waals surface area (Å²) in [5.41, 5.74) is 6.09. The van der Waals surface area contributed by atoms with E-state index in [2.05, 4.69) is 6.58 Å².